The standard InChI is InChI=1S/C18H19N5O3S/c1-12-18(21-20-14-4-8-16(26-3)9-5-14)13(2)23(22-12)15-6-10-17(11-7-15)27(19,24)25/h4-11H,1-3H3,(H2,19,24,25). The number of hydrogen-bond acceptors (Lipinski definition) is 6. The van der Waals surface area contributed by atoms with Crippen molar-refractivity contribution in [3.63, 3.8) is 0 Å². The van der Waals surface area contributed by atoms with E-state index in [-0.39, 0.29) is 4.90 Å². The molecule has 0 unspecified atom stereocenters. The number of aryl methyl sites for hydroxylation is 1. The highest BCUT2D eigenvalue weighted by atomic mass is 32.2. The predicted octanol–water partition coefficient (Wildman–Crippen LogP) is 3.56. The molecule has 1 aromatic heterocycles. The van der Waals surface area contributed by atoms with Gasteiger partial charge in [0, 0.05) is 0 Å². The lowest BCUT2D eigenvalue weighted by atomic mass is 10.3. The highest BCUT2D eigenvalue weighted by molar-refractivity contribution is 7.89. The average molecular weight is 385 g/mol. The van der Waals surface area contributed by atoms with E-state index in [4.69, 9.17) is 9.88 Å². The zero-order valence-electron chi connectivity index (χ0n) is 15.1. The van der Waals surface area contributed by atoms with Crippen molar-refractivity contribution in [2.45, 2.75) is 18.7 Å². The molecule has 3 rings (SSSR count). The average Bonchev–Trinajstić information content (AvgIpc) is 2.94. The van der Waals surface area contributed by atoms with Crippen molar-refractivity contribution in [3.8, 4) is 11.4 Å². The van der Waals surface area contributed by atoms with Gasteiger partial charge in [-0.2, -0.15) is 10.2 Å². The molecule has 0 aliphatic carbocycles. The molecular formula is C18H19N5O3S. The Balaban J connectivity index is 1.91. The largest absolute Gasteiger partial charge is 0.497 e. The molecule has 0 amide bonds. The summed E-state index contributed by atoms with van der Waals surface area (Å²) in [5, 5.41) is 18.2. The first-order valence-electron chi connectivity index (χ1n) is 8.05. The molecule has 2 aromatic carbocycles. The number of azo groups is 1. The van der Waals surface area contributed by atoms with Gasteiger partial charge in [0.1, 0.15) is 11.4 Å². The molecule has 9 heteroatoms. The SMILES string of the molecule is COc1ccc(N=Nc2c(C)nn(-c3ccc(S(N)(=O)=O)cc3)c2C)cc1. The van der Waals surface area contributed by atoms with Gasteiger partial charge in [-0.15, -0.1) is 5.11 Å². The van der Waals surface area contributed by atoms with Gasteiger partial charge in [-0.25, -0.2) is 18.2 Å². The van der Waals surface area contributed by atoms with Gasteiger partial charge < -0.3 is 4.74 Å². The van der Waals surface area contributed by atoms with Gasteiger partial charge >= 0.3 is 0 Å². The fourth-order valence-electron chi connectivity index (χ4n) is 2.56. The molecular weight excluding hydrogens is 366 g/mol. The zero-order valence-corrected chi connectivity index (χ0v) is 15.9. The summed E-state index contributed by atoms with van der Waals surface area (Å²) in [5.41, 5.74) is 3.54. The third-order valence-corrected chi connectivity index (χ3v) is 4.93. The van der Waals surface area contributed by atoms with Crippen LogP contribution in [0.5, 0.6) is 5.75 Å². The predicted molar refractivity (Wildman–Crippen MR) is 102 cm³/mol. The fourth-order valence-corrected chi connectivity index (χ4v) is 3.08. The maximum absolute atomic E-state index is 11.4. The lowest BCUT2D eigenvalue weighted by molar-refractivity contribution is 0.415. The van der Waals surface area contributed by atoms with Crippen molar-refractivity contribution in [1.82, 2.24) is 9.78 Å². The van der Waals surface area contributed by atoms with Crippen LogP contribution in [0.2, 0.25) is 0 Å². The summed E-state index contributed by atoms with van der Waals surface area (Å²) in [5.74, 6) is 0.747. The van der Waals surface area contributed by atoms with Crippen LogP contribution in [0.15, 0.2) is 63.7 Å². The fraction of sp³-hybridized carbons (Fsp3) is 0.167. The Morgan fingerprint density at radius 3 is 2.19 bits per heavy atom. The van der Waals surface area contributed by atoms with Crippen molar-refractivity contribution in [3.05, 3.63) is 59.9 Å². The molecule has 0 fully saturated rings. The molecule has 0 aliphatic heterocycles. The van der Waals surface area contributed by atoms with Crippen LogP contribution in [0.25, 0.3) is 5.69 Å². The minimum atomic E-state index is -3.73. The second-order valence-corrected chi connectivity index (χ2v) is 7.43. The number of rotatable bonds is 5. The molecule has 0 spiro atoms. The van der Waals surface area contributed by atoms with Gasteiger partial charge in [0.15, 0.2) is 0 Å². The molecule has 140 valence electrons. The third-order valence-electron chi connectivity index (χ3n) is 4.00. The Kier molecular flexibility index (Phi) is 5.06. The first-order valence-corrected chi connectivity index (χ1v) is 9.59. The van der Waals surface area contributed by atoms with Gasteiger partial charge in [-0.05, 0) is 62.4 Å². The minimum Gasteiger partial charge on any atom is -0.497 e. The smallest absolute Gasteiger partial charge is 0.238 e. The molecule has 0 saturated carbocycles. The minimum absolute atomic E-state index is 0.0483. The summed E-state index contributed by atoms with van der Waals surface area (Å²) in [7, 11) is -2.13. The molecule has 27 heavy (non-hydrogen) atoms. The van der Waals surface area contributed by atoms with E-state index in [0.29, 0.717) is 22.8 Å². The highest BCUT2D eigenvalue weighted by Gasteiger charge is 2.14. The first kappa shape index (κ1) is 18.7. The maximum atomic E-state index is 11.4. The molecule has 1 heterocycles. The second kappa shape index (κ2) is 7.29. The van der Waals surface area contributed by atoms with Crippen molar-refractivity contribution in [1.29, 1.82) is 0 Å². The Morgan fingerprint density at radius 1 is 1.00 bits per heavy atom. The van der Waals surface area contributed by atoms with Crippen LogP contribution < -0.4 is 9.88 Å². The molecule has 0 bridgehead atoms. The summed E-state index contributed by atoms with van der Waals surface area (Å²) in [6, 6.07) is 13.4. The van der Waals surface area contributed by atoms with Gasteiger partial charge in [0.2, 0.25) is 10.0 Å². The Morgan fingerprint density at radius 2 is 1.63 bits per heavy atom. The van der Waals surface area contributed by atoms with Crippen LogP contribution in [-0.4, -0.2) is 25.3 Å². The maximum Gasteiger partial charge on any atom is 0.238 e. The molecule has 3 aromatic rings. The lowest BCUT2D eigenvalue weighted by Crippen LogP contribution is -2.12. The van der Waals surface area contributed by atoms with E-state index in [0.717, 1.165) is 11.4 Å². The van der Waals surface area contributed by atoms with Gasteiger partial charge in [-0.3, -0.25) is 0 Å². The third kappa shape index (κ3) is 4.04. The van der Waals surface area contributed by atoms with E-state index in [2.05, 4.69) is 15.3 Å². The van der Waals surface area contributed by atoms with Crippen LogP contribution >= 0.6 is 0 Å². The first-order chi connectivity index (χ1) is 12.8. The zero-order chi connectivity index (χ0) is 19.6. The Bertz CT molecular complexity index is 1090. The number of sulfonamides is 1. The van der Waals surface area contributed by atoms with Gasteiger partial charge in [0.25, 0.3) is 0 Å². The van der Waals surface area contributed by atoms with Crippen molar-refractivity contribution in [2.75, 3.05) is 7.11 Å². The number of primary sulfonamides is 1. The molecule has 0 atom stereocenters. The van der Waals surface area contributed by atoms with E-state index in [9.17, 15) is 8.42 Å². The summed E-state index contributed by atoms with van der Waals surface area (Å²) >= 11 is 0. The number of nitrogens with two attached hydrogens (primary N) is 1. The van der Waals surface area contributed by atoms with Crippen molar-refractivity contribution >= 4 is 21.4 Å². The Hall–Kier alpha value is -3.04. The van der Waals surface area contributed by atoms with Crippen molar-refractivity contribution < 1.29 is 13.2 Å². The van der Waals surface area contributed by atoms with Crippen molar-refractivity contribution in [2.24, 2.45) is 15.4 Å². The molecule has 2 N–H and O–H groups in total. The Labute approximate surface area is 157 Å². The van der Waals surface area contributed by atoms with Crippen LogP contribution in [0.1, 0.15) is 11.4 Å². The number of hydrogen-bond donors (Lipinski definition) is 1. The summed E-state index contributed by atoms with van der Waals surface area (Å²) in [6.45, 7) is 3.71. The van der Waals surface area contributed by atoms with Crippen LogP contribution in [-0.2, 0) is 10.0 Å². The number of nitrogens with zero attached hydrogens (tertiary/aromatic N) is 4. The molecule has 0 aliphatic rings. The molecule has 0 saturated heterocycles. The number of methoxy groups -OCH3 is 1. The normalized spacial score (nSPS) is 11.9. The number of aromatic nitrogens is 2. The lowest BCUT2D eigenvalue weighted by Gasteiger charge is -2.05. The van der Waals surface area contributed by atoms with Crippen LogP contribution in [0.3, 0.4) is 0 Å². The van der Waals surface area contributed by atoms with Crippen LogP contribution in [0, 0.1) is 13.8 Å². The van der Waals surface area contributed by atoms with E-state index >= 15 is 0 Å². The summed E-state index contributed by atoms with van der Waals surface area (Å²) in [4.78, 5) is 0.0483. The summed E-state index contributed by atoms with van der Waals surface area (Å²) < 4.78 is 29.6. The number of ether oxygens (including phenoxy) is 1. The highest BCUT2D eigenvalue weighted by Crippen LogP contribution is 2.28. The number of benzene rings is 2. The monoisotopic (exact) mass is 385 g/mol. The quantitative estimate of drug-likeness (QED) is 0.677. The van der Waals surface area contributed by atoms with Gasteiger partial charge in [0.05, 0.1) is 34.8 Å². The van der Waals surface area contributed by atoms with E-state index in [1.54, 1.807) is 23.9 Å². The van der Waals surface area contributed by atoms with Gasteiger partial charge in [-0.1, -0.05) is 0 Å². The van der Waals surface area contributed by atoms with E-state index in [1.165, 1.54) is 12.1 Å². The van der Waals surface area contributed by atoms with E-state index < -0.39 is 10.0 Å². The second-order valence-electron chi connectivity index (χ2n) is 5.87. The van der Waals surface area contributed by atoms with E-state index in [1.807, 2.05) is 38.1 Å². The van der Waals surface area contributed by atoms with Crippen LogP contribution in [0.4, 0.5) is 11.4 Å². The summed E-state index contributed by atoms with van der Waals surface area (Å²) in [6.07, 6.45) is 0. The molecule has 0 radical (unpaired) electrons. The molecule has 8 nitrogen and oxygen atoms in total. The topological polar surface area (TPSA) is 112 Å².